The summed E-state index contributed by atoms with van der Waals surface area (Å²) in [5.41, 5.74) is 0.532. The van der Waals surface area contributed by atoms with Gasteiger partial charge in [0.1, 0.15) is 5.75 Å². The van der Waals surface area contributed by atoms with Crippen LogP contribution in [0.5, 0.6) is 5.75 Å². The number of hydrogen-bond acceptors (Lipinski definition) is 4. The number of nitrogens with zero attached hydrogens (tertiary/aromatic N) is 1. The Morgan fingerprint density at radius 3 is 2.81 bits per heavy atom. The second kappa shape index (κ2) is 9.80. The Morgan fingerprint density at radius 1 is 1.33 bits per heavy atom. The Balaban J connectivity index is 1.90. The minimum atomic E-state index is -1.07. The van der Waals surface area contributed by atoms with Crippen molar-refractivity contribution in [2.24, 2.45) is 11.8 Å². The van der Waals surface area contributed by atoms with Gasteiger partial charge in [0.15, 0.2) is 6.61 Å². The molecule has 3 amide bonds. The third kappa shape index (κ3) is 6.80. The molecular formula is C19H27N3O5. The third-order valence-electron chi connectivity index (χ3n) is 4.20. The van der Waals surface area contributed by atoms with E-state index < -0.39 is 12.6 Å². The number of carbonyl (C=O) groups excluding carboxylic acids is 2. The summed E-state index contributed by atoms with van der Waals surface area (Å²) >= 11 is 0. The van der Waals surface area contributed by atoms with Crippen molar-refractivity contribution in [3.8, 4) is 5.75 Å². The molecule has 8 heteroatoms. The van der Waals surface area contributed by atoms with E-state index in [2.05, 4.69) is 10.6 Å². The van der Waals surface area contributed by atoms with Crippen molar-refractivity contribution in [1.29, 1.82) is 0 Å². The van der Waals surface area contributed by atoms with Crippen molar-refractivity contribution in [2.75, 3.05) is 31.6 Å². The van der Waals surface area contributed by atoms with Crippen LogP contribution in [-0.2, 0) is 9.59 Å². The van der Waals surface area contributed by atoms with Crippen LogP contribution in [-0.4, -0.2) is 54.2 Å². The molecule has 1 aromatic carbocycles. The number of carbonyl (C=O) groups is 3. The first kappa shape index (κ1) is 20.5. The number of benzene rings is 1. The highest BCUT2D eigenvalue weighted by Crippen LogP contribution is 2.21. The SMILES string of the molecule is CC(C)CNC(=O)N1CCCC(C(=O)Nc2cccc(OCC(=O)O)c2)C1. The van der Waals surface area contributed by atoms with Gasteiger partial charge in [-0.3, -0.25) is 4.79 Å². The highest BCUT2D eigenvalue weighted by Gasteiger charge is 2.28. The quantitative estimate of drug-likeness (QED) is 0.675. The van der Waals surface area contributed by atoms with Crippen molar-refractivity contribution in [1.82, 2.24) is 10.2 Å². The van der Waals surface area contributed by atoms with Crippen LogP contribution in [0, 0.1) is 11.8 Å². The second-order valence-corrected chi connectivity index (χ2v) is 7.06. The summed E-state index contributed by atoms with van der Waals surface area (Å²) in [6.45, 7) is 5.25. The number of anilines is 1. The summed E-state index contributed by atoms with van der Waals surface area (Å²) in [5.74, 6) is -0.775. The molecule has 0 aromatic heterocycles. The molecule has 0 aliphatic carbocycles. The topological polar surface area (TPSA) is 108 Å². The number of carboxylic acid groups (broad SMARTS) is 1. The Kier molecular flexibility index (Phi) is 7.45. The van der Waals surface area contributed by atoms with Gasteiger partial charge in [-0.25, -0.2) is 9.59 Å². The summed E-state index contributed by atoms with van der Waals surface area (Å²) in [6, 6.07) is 6.46. The molecule has 3 N–H and O–H groups in total. The van der Waals surface area contributed by atoms with E-state index in [0.717, 1.165) is 12.8 Å². The molecule has 0 radical (unpaired) electrons. The van der Waals surface area contributed by atoms with E-state index in [9.17, 15) is 14.4 Å². The van der Waals surface area contributed by atoms with Crippen molar-refractivity contribution >= 4 is 23.6 Å². The molecule has 1 fully saturated rings. The van der Waals surface area contributed by atoms with Crippen LogP contribution in [0.4, 0.5) is 10.5 Å². The lowest BCUT2D eigenvalue weighted by atomic mass is 9.97. The van der Waals surface area contributed by atoms with Crippen molar-refractivity contribution in [3.63, 3.8) is 0 Å². The number of urea groups is 1. The molecule has 1 unspecified atom stereocenters. The maximum Gasteiger partial charge on any atom is 0.341 e. The Hall–Kier alpha value is -2.77. The Morgan fingerprint density at radius 2 is 2.11 bits per heavy atom. The van der Waals surface area contributed by atoms with Gasteiger partial charge in [-0.2, -0.15) is 0 Å². The van der Waals surface area contributed by atoms with E-state index in [0.29, 0.717) is 37.0 Å². The average Bonchev–Trinajstić information content (AvgIpc) is 2.64. The molecule has 0 bridgehead atoms. The third-order valence-corrected chi connectivity index (χ3v) is 4.20. The lowest BCUT2D eigenvalue weighted by Crippen LogP contribution is -2.48. The largest absolute Gasteiger partial charge is 0.482 e. The first-order valence-electron chi connectivity index (χ1n) is 9.13. The predicted octanol–water partition coefficient (Wildman–Crippen LogP) is 2.17. The van der Waals surface area contributed by atoms with E-state index in [4.69, 9.17) is 9.84 Å². The fourth-order valence-corrected chi connectivity index (χ4v) is 2.83. The molecule has 1 aliphatic rings. The van der Waals surface area contributed by atoms with E-state index >= 15 is 0 Å². The predicted molar refractivity (Wildman–Crippen MR) is 101 cm³/mol. The maximum atomic E-state index is 12.6. The zero-order valence-corrected chi connectivity index (χ0v) is 15.7. The first-order chi connectivity index (χ1) is 12.8. The van der Waals surface area contributed by atoms with Gasteiger partial charge >= 0.3 is 12.0 Å². The molecular weight excluding hydrogens is 350 g/mol. The molecule has 27 heavy (non-hydrogen) atoms. The van der Waals surface area contributed by atoms with Gasteiger partial charge in [0, 0.05) is 31.4 Å². The Labute approximate surface area is 158 Å². The highest BCUT2D eigenvalue weighted by molar-refractivity contribution is 5.93. The number of hydrogen-bond donors (Lipinski definition) is 3. The number of nitrogens with one attached hydrogen (secondary N) is 2. The van der Waals surface area contributed by atoms with Crippen LogP contribution in [0.25, 0.3) is 0 Å². The number of piperidine rings is 1. The fourth-order valence-electron chi connectivity index (χ4n) is 2.83. The standard InChI is InChI=1S/C19H27N3O5/c1-13(2)10-20-19(26)22-8-4-5-14(11-22)18(25)21-15-6-3-7-16(9-15)27-12-17(23)24/h3,6-7,9,13-14H,4-5,8,10-12H2,1-2H3,(H,20,26)(H,21,25)(H,23,24). The molecule has 1 aliphatic heterocycles. The summed E-state index contributed by atoms with van der Waals surface area (Å²) in [6.07, 6.45) is 1.49. The van der Waals surface area contributed by atoms with Crippen molar-refractivity contribution in [3.05, 3.63) is 24.3 Å². The fraction of sp³-hybridized carbons (Fsp3) is 0.526. The Bertz CT molecular complexity index is 677. The second-order valence-electron chi connectivity index (χ2n) is 7.06. The van der Waals surface area contributed by atoms with E-state index in [1.54, 1.807) is 29.2 Å². The van der Waals surface area contributed by atoms with Crippen LogP contribution < -0.4 is 15.4 Å². The number of rotatable bonds is 7. The summed E-state index contributed by atoms with van der Waals surface area (Å²) in [5, 5.41) is 14.4. The molecule has 1 aromatic rings. The van der Waals surface area contributed by atoms with Crippen LogP contribution in [0.1, 0.15) is 26.7 Å². The molecule has 8 nitrogen and oxygen atoms in total. The van der Waals surface area contributed by atoms with Crippen LogP contribution in [0.2, 0.25) is 0 Å². The van der Waals surface area contributed by atoms with Gasteiger partial charge in [-0.05, 0) is 30.9 Å². The normalized spacial score (nSPS) is 16.7. The summed E-state index contributed by atoms with van der Waals surface area (Å²) in [4.78, 5) is 37.1. The van der Waals surface area contributed by atoms with Crippen LogP contribution >= 0.6 is 0 Å². The molecule has 0 saturated carbocycles. The summed E-state index contributed by atoms with van der Waals surface area (Å²) < 4.78 is 5.12. The molecule has 148 valence electrons. The number of amides is 3. The van der Waals surface area contributed by atoms with Gasteiger partial charge in [-0.1, -0.05) is 19.9 Å². The smallest absolute Gasteiger partial charge is 0.341 e. The molecule has 1 saturated heterocycles. The van der Waals surface area contributed by atoms with Crippen molar-refractivity contribution in [2.45, 2.75) is 26.7 Å². The first-order valence-corrected chi connectivity index (χ1v) is 9.13. The molecule has 1 heterocycles. The summed E-state index contributed by atoms with van der Waals surface area (Å²) in [7, 11) is 0. The van der Waals surface area contributed by atoms with E-state index in [1.807, 2.05) is 13.8 Å². The van der Waals surface area contributed by atoms with Crippen LogP contribution in [0.3, 0.4) is 0 Å². The van der Waals surface area contributed by atoms with Gasteiger partial charge in [0.2, 0.25) is 5.91 Å². The minimum Gasteiger partial charge on any atom is -0.482 e. The highest BCUT2D eigenvalue weighted by atomic mass is 16.5. The molecule has 0 spiro atoms. The molecule has 2 rings (SSSR count). The van der Waals surface area contributed by atoms with E-state index in [-0.39, 0.29) is 17.9 Å². The number of ether oxygens (including phenoxy) is 1. The lowest BCUT2D eigenvalue weighted by Gasteiger charge is -2.32. The zero-order chi connectivity index (χ0) is 19.8. The van der Waals surface area contributed by atoms with Gasteiger partial charge in [0.25, 0.3) is 0 Å². The number of likely N-dealkylation sites (tertiary alicyclic amines) is 1. The number of aliphatic carboxylic acids is 1. The number of carboxylic acids is 1. The zero-order valence-electron chi connectivity index (χ0n) is 15.7. The van der Waals surface area contributed by atoms with E-state index in [1.165, 1.54) is 0 Å². The lowest BCUT2D eigenvalue weighted by molar-refractivity contribution is -0.139. The van der Waals surface area contributed by atoms with Crippen LogP contribution in [0.15, 0.2) is 24.3 Å². The van der Waals surface area contributed by atoms with Crippen molar-refractivity contribution < 1.29 is 24.2 Å². The van der Waals surface area contributed by atoms with Gasteiger partial charge in [0.05, 0.1) is 5.92 Å². The van der Waals surface area contributed by atoms with Gasteiger partial charge in [-0.15, -0.1) is 0 Å². The average molecular weight is 377 g/mol. The van der Waals surface area contributed by atoms with Gasteiger partial charge < -0.3 is 25.4 Å². The maximum absolute atomic E-state index is 12.6. The molecule has 1 atom stereocenters. The monoisotopic (exact) mass is 377 g/mol. The minimum absolute atomic E-state index is 0.134.